The smallest absolute Gasteiger partial charge is 0.226 e. The van der Waals surface area contributed by atoms with Gasteiger partial charge in [-0.1, -0.05) is 33.6 Å². The number of tetrazole rings is 1. The highest BCUT2D eigenvalue weighted by atomic mass is 79.9. The van der Waals surface area contributed by atoms with Crippen LogP contribution in [0.4, 0.5) is 0 Å². The third-order valence-electron chi connectivity index (χ3n) is 3.71. The Balaban J connectivity index is 1.51. The lowest BCUT2D eigenvalue weighted by Crippen LogP contribution is -2.04. The summed E-state index contributed by atoms with van der Waals surface area (Å²) in [5.74, 6) is 1.16. The fraction of sp³-hybridized carbons (Fsp3) is 0.111. The second kappa shape index (κ2) is 6.60. The van der Waals surface area contributed by atoms with Crippen LogP contribution in [0.15, 0.2) is 63.7 Å². The predicted molar refractivity (Wildman–Crippen MR) is 96.7 cm³/mol. The molecule has 2 aromatic carbocycles. The van der Waals surface area contributed by atoms with E-state index in [1.807, 2.05) is 55.5 Å². The number of aryl methyl sites for hydroxylation is 1. The molecule has 0 aliphatic rings. The van der Waals surface area contributed by atoms with Crippen LogP contribution in [0.25, 0.3) is 22.8 Å². The molecule has 0 bridgehead atoms. The molecule has 0 amide bonds. The molecule has 0 spiro atoms. The monoisotopic (exact) mass is 395 g/mol. The van der Waals surface area contributed by atoms with Crippen LogP contribution >= 0.6 is 15.9 Å². The predicted octanol–water partition coefficient (Wildman–Crippen LogP) is 4.11. The van der Waals surface area contributed by atoms with Gasteiger partial charge in [-0.2, -0.15) is 4.80 Å². The summed E-state index contributed by atoms with van der Waals surface area (Å²) in [7, 11) is 0. The van der Waals surface area contributed by atoms with Crippen molar-refractivity contribution in [2.24, 2.45) is 0 Å². The summed E-state index contributed by atoms with van der Waals surface area (Å²) in [6, 6.07) is 15.8. The van der Waals surface area contributed by atoms with Gasteiger partial charge in [0.05, 0.1) is 0 Å². The Labute approximate surface area is 152 Å². The molecule has 25 heavy (non-hydrogen) atoms. The van der Waals surface area contributed by atoms with E-state index in [4.69, 9.17) is 4.42 Å². The minimum atomic E-state index is 0.402. The van der Waals surface area contributed by atoms with E-state index in [2.05, 4.69) is 36.3 Å². The molecule has 124 valence electrons. The molecule has 0 aliphatic carbocycles. The van der Waals surface area contributed by atoms with Crippen molar-refractivity contribution in [1.29, 1.82) is 0 Å². The van der Waals surface area contributed by atoms with Crippen LogP contribution in [-0.2, 0) is 6.54 Å². The van der Waals surface area contributed by atoms with E-state index in [-0.39, 0.29) is 0 Å². The van der Waals surface area contributed by atoms with Gasteiger partial charge in [0.1, 0.15) is 18.5 Å². The van der Waals surface area contributed by atoms with E-state index in [0.717, 1.165) is 21.3 Å². The van der Waals surface area contributed by atoms with Crippen molar-refractivity contribution in [3.63, 3.8) is 0 Å². The summed E-state index contributed by atoms with van der Waals surface area (Å²) >= 11 is 3.41. The number of hydrogen-bond acceptors (Lipinski definition) is 5. The highest BCUT2D eigenvalue weighted by Gasteiger charge is 2.10. The van der Waals surface area contributed by atoms with E-state index in [1.54, 1.807) is 6.26 Å². The van der Waals surface area contributed by atoms with Gasteiger partial charge in [-0.05, 0) is 48.5 Å². The highest BCUT2D eigenvalue weighted by Crippen LogP contribution is 2.20. The topological polar surface area (TPSA) is 69.6 Å². The van der Waals surface area contributed by atoms with Crippen LogP contribution in [0.3, 0.4) is 0 Å². The van der Waals surface area contributed by atoms with Crippen LogP contribution in [0.2, 0.25) is 0 Å². The number of hydrogen-bond donors (Lipinski definition) is 0. The lowest BCUT2D eigenvalue weighted by molar-refractivity contribution is 0.550. The molecule has 4 rings (SSSR count). The largest absolute Gasteiger partial charge is 0.444 e. The maximum Gasteiger partial charge on any atom is 0.226 e. The van der Waals surface area contributed by atoms with Crippen molar-refractivity contribution in [3.05, 3.63) is 70.5 Å². The Kier molecular flexibility index (Phi) is 4.15. The summed E-state index contributed by atoms with van der Waals surface area (Å²) in [6.07, 6.45) is 1.62. The van der Waals surface area contributed by atoms with Gasteiger partial charge in [-0.15, -0.1) is 10.2 Å². The Morgan fingerprint density at radius 2 is 1.72 bits per heavy atom. The zero-order valence-electron chi connectivity index (χ0n) is 13.4. The molecule has 0 aliphatic heterocycles. The molecule has 0 atom stereocenters. The summed E-state index contributed by atoms with van der Waals surface area (Å²) in [6.45, 7) is 2.45. The standard InChI is InChI=1S/C18H14BrN5O/c1-12-2-4-14(5-3-12)18-20-16(11-25-18)10-24-22-17(21-23-24)13-6-8-15(19)9-7-13/h2-9,11H,10H2,1H3. The molecular weight excluding hydrogens is 382 g/mol. The van der Waals surface area contributed by atoms with E-state index in [0.29, 0.717) is 18.3 Å². The van der Waals surface area contributed by atoms with Gasteiger partial charge in [0.2, 0.25) is 11.7 Å². The van der Waals surface area contributed by atoms with Crippen LogP contribution in [0.1, 0.15) is 11.3 Å². The average molecular weight is 396 g/mol. The first-order chi connectivity index (χ1) is 12.2. The van der Waals surface area contributed by atoms with E-state index >= 15 is 0 Å². The van der Waals surface area contributed by atoms with Crippen molar-refractivity contribution in [2.45, 2.75) is 13.5 Å². The van der Waals surface area contributed by atoms with Crippen molar-refractivity contribution in [1.82, 2.24) is 25.2 Å². The molecule has 0 fully saturated rings. The van der Waals surface area contributed by atoms with E-state index in [1.165, 1.54) is 10.4 Å². The Hall–Kier alpha value is -2.80. The molecule has 0 N–H and O–H groups in total. The summed E-state index contributed by atoms with van der Waals surface area (Å²) in [5.41, 5.74) is 3.80. The SMILES string of the molecule is Cc1ccc(-c2nc(Cn3nnc(-c4ccc(Br)cc4)n3)co2)cc1. The van der Waals surface area contributed by atoms with Crippen LogP contribution < -0.4 is 0 Å². The third kappa shape index (κ3) is 3.51. The number of aromatic nitrogens is 5. The van der Waals surface area contributed by atoms with Crippen molar-refractivity contribution >= 4 is 15.9 Å². The Bertz CT molecular complexity index is 907. The summed E-state index contributed by atoms with van der Waals surface area (Å²) in [4.78, 5) is 6.01. The lowest BCUT2D eigenvalue weighted by atomic mass is 10.1. The van der Waals surface area contributed by atoms with Crippen molar-refractivity contribution in [2.75, 3.05) is 0 Å². The highest BCUT2D eigenvalue weighted by molar-refractivity contribution is 9.10. The third-order valence-corrected chi connectivity index (χ3v) is 4.24. The van der Waals surface area contributed by atoms with E-state index in [9.17, 15) is 0 Å². The lowest BCUT2D eigenvalue weighted by Gasteiger charge is -1.96. The second-order valence-electron chi connectivity index (χ2n) is 5.66. The first-order valence-corrected chi connectivity index (χ1v) is 8.52. The molecule has 2 aromatic heterocycles. The molecular formula is C18H14BrN5O. The molecule has 0 saturated heterocycles. The van der Waals surface area contributed by atoms with Crippen molar-refractivity contribution in [3.8, 4) is 22.8 Å². The Morgan fingerprint density at radius 1 is 1.00 bits per heavy atom. The molecule has 0 saturated carbocycles. The average Bonchev–Trinajstić information content (AvgIpc) is 3.27. The number of benzene rings is 2. The van der Waals surface area contributed by atoms with Gasteiger partial charge >= 0.3 is 0 Å². The molecule has 0 unspecified atom stereocenters. The van der Waals surface area contributed by atoms with Gasteiger partial charge in [0, 0.05) is 15.6 Å². The minimum absolute atomic E-state index is 0.402. The zero-order chi connectivity index (χ0) is 17.2. The van der Waals surface area contributed by atoms with Gasteiger partial charge in [-0.3, -0.25) is 0 Å². The Morgan fingerprint density at radius 3 is 2.48 bits per heavy atom. The van der Waals surface area contributed by atoms with Crippen LogP contribution in [-0.4, -0.2) is 25.2 Å². The molecule has 6 nitrogen and oxygen atoms in total. The summed E-state index contributed by atoms with van der Waals surface area (Å²) < 4.78 is 6.57. The zero-order valence-corrected chi connectivity index (χ0v) is 15.0. The van der Waals surface area contributed by atoms with Gasteiger partial charge in [0.25, 0.3) is 0 Å². The first kappa shape index (κ1) is 15.7. The number of halogens is 1. The fourth-order valence-corrected chi connectivity index (χ4v) is 2.64. The normalized spacial score (nSPS) is 11.0. The molecule has 2 heterocycles. The van der Waals surface area contributed by atoms with Crippen LogP contribution in [0, 0.1) is 6.92 Å². The second-order valence-corrected chi connectivity index (χ2v) is 6.58. The van der Waals surface area contributed by atoms with Crippen LogP contribution in [0.5, 0.6) is 0 Å². The minimum Gasteiger partial charge on any atom is -0.444 e. The maximum absolute atomic E-state index is 5.56. The number of rotatable bonds is 4. The first-order valence-electron chi connectivity index (χ1n) is 7.72. The van der Waals surface area contributed by atoms with Gasteiger partial charge < -0.3 is 4.42 Å². The number of oxazole rings is 1. The molecule has 0 radical (unpaired) electrons. The summed E-state index contributed by atoms with van der Waals surface area (Å²) in [5, 5.41) is 12.6. The number of nitrogens with zero attached hydrogens (tertiary/aromatic N) is 5. The fourth-order valence-electron chi connectivity index (χ4n) is 2.38. The van der Waals surface area contributed by atoms with Gasteiger partial charge in [-0.25, -0.2) is 4.98 Å². The van der Waals surface area contributed by atoms with E-state index < -0.39 is 0 Å². The molecule has 4 aromatic rings. The quantitative estimate of drug-likeness (QED) is 0.519. The maximum atomic E-state index is 5.56. The molecule has 7 heteroatoms. The van der Waals surface area contributed by atoms with Crippen molar-refractivity contribution < 1.29 is 4.42 Å². The van der Waals surface area contributed by atoms with Gasteiger partial charge in [0.15, 0.2) is 0 Å².